The molecule has 0 aliphatic heterocycles. The van der Waals surface area contributed by atoms with E-state index in [-0.39, 0.29) is 17.9 Å². The maximum Gasteiger partial charge on any atom is 0.271 e. The minimum Gasteiger partial charge on any atom is -0.495 e. The summed E-state index contributed by atoms with van der Waals surface area (Å²) in [6.45, 7) is -0.0684. The Balaban J connectivity index is 1.67. The molecule has 3 rings (SSSR count). The van der Waals surface area contributed by atoms with Crippen molar-refractivity contribution in [1.29, 1.82) is 0 Å². The number of hydrogen-bond acceptors (Lipinski definition) is 6. The molecule has 2 N–H and O–H groups in total. The second-order valence-electron chi connectivity index (χ2n) is 5.95. The predicted molar refractivity (Wildman–Crippen MR) is 110 cm³/mol. The lowest BCUT2D eigenvalue weighted by Gasteiger charge is -2.14. The number of carbonyl (C=O) groups is 1. The molecular weight excluding hydrogens is 374 g/mol. The van der Waals surface area contributed by atoms with Gasteiger partial charge in [-0.1, -0.05) is 30.3 Å². The molecule has 3 aromatic carbocycles. The molecule has 0 saturated carbocycles. The first-order valence-corrected chi connectivity index (χ1v) is 8.75. The van der Waals surface area contributed by atoms with E-state index in [9.17, 15) is 14.9 Å². The van der Waals surface area contributed by atoms with E-state index in [4.69, 9.17) is 9.47 Å². The summed E-state index contributed by atoms with van der Waals surface area (Å²) >= 11 is 0. The molecular formula is C21H19N3O5. The largest absolute Gasteiger partial charge is 0.495 e. The summed E-state index contributed by atoms with van der Waals surface area (Å²) in [6.07, 6.45) is 0. The van der Waals surface area contributed by atoms with Crippen LogP contribution in [0.5, 0.6) is 17.2 Å². The van der Waals surface area contributed by atoms with Crippen molar-refractivity contribution in [3.8, 4) is 17.2 Å². The smallest absolute Gasteiger partial charge is 0.271 e. The van der Waals surface area contributed by atoms with Crippen LogP contribution in [0.3, 0.4) is 0 Å². The normalized spacial score (nSPS) is 10.1. The highest BCUT2D eigenvalue weighted by molar-refractivity contribution is 5.95. The van der Waals surface area contributed by atoms with Gasteiger partial charge in [-0.25, -0.2) is 0 Å². The highest BCUT2D eigenvalue weighted by Crippen LogP contribution is 2.30. The average Bonchev–Trinajstić information content (AvgIpc) is 2.74. The summed E-state index contributed by atoms with van der Waals surface area (Å²) < 4.78 is 11.0. The van der Waals surface area contributed by atoms with Gasteiger partial charge in [0.05, 0.1) is 30.0 Å². The predicted octanol–water partition coefficient (Wildman–Crippen LogP) is 4.45. The lowest BCUT2D eigenvalue weighted by atomic mass is 10.2. The van der Waals surface area contributed by atoms with Crippen molar-refractivity contribution in [2.24, 2.45) is 0 Å². The highest BCUT2D eigenvalue weighted by Gasteiger charge is 2.14. The number of hydrogen-bond donors (Lipinski definition) is 2. The van der Waals surface area contributed by atoms with Gasteiger partial charge in [0.1, 0.15) is 11.5 Å². The number of anilines is 2. The lowest BCUT2D eigenvalue weighted by molar-refractivity contribution is -0.384. The van der Waals surface area contributed by atoms with Gasteiger partial charge in [0.15, 0.2) is 5.75 Å². The van der Waals surface area contributed by atoms with E-state index in [2.05, 4.69) is 10.6 Å². The number of benzene rings is 3. The van der Waals surface area contributed by atoms with Crippen LogP contribution in [-0.2, 0) is 4.79 Å². The SMILES string of the molecule is COc1ccc([N+](=O)[O-])cc1NC(=O)CNc1ccccc1Oc1ccccc1. The zero-order valence-corrected chi connectivity index (χ0v) is 15.6. The summed E-state index contributed by atoms with van der Waals surface area (Å²) in [6, 6.07) is 20.5. The number of ether oxygens (including phenoxy) is 2. The van der Waals surface area contributed by atoms with Crippen LogP contribution in [0.2, 0.25) is 0 Å². The Hall–Kier alpha value is -4.07. The number of nitro groups is 1. The number of para-hydroxylation sites is 3. The standard InChI is InChI=1S/C21H19N3O5/c1-28-19-12-11-15(24(26)27)13-18(19)23-21(25)14-22-17-9-5-6-10-20(17)29-16-7-3-2-4-8-16/h2-13,22H,14H2,1H3,(H,23,25). The average molecular weight is 393 g/mol. The van der Waals surface area contributed by atoms with Crippen LogP contribution in [0.15, 0.2) is 72.8 Å². The zero-order chi connectivity index (χ0) is 20.6. The van der Waals surface area contributed by atoms with Gasteiger partial charge in [0.25, 0.3) is 5.69 Å². The molecule has 0 aromatic heterocycles. The Kier molecular flexibility index (Phi) is 6.26. The van der Waals surface area contributed by atoms with E-state index in [0.717, 1.165) is 0 Å². The van der Waals surface area contributed by atoms with E-state index >= 15 is 0 Å². The summed E-state index contributed by atoms with van der Waals surface area (Å²) in [5.74, 6) is 1.18. The number of nitro benzene ring substituents is 1. The lowest BCUT2D eigenvalue weighted by Crippen LogP contribution is -2.22. The van der Waals surface area contributed by atoms with Crippen LogP contribution in [0.1, 0.15) is 0 Å². The monoisotopic (exact) mass is 393 g/mol. The molecule has 0 aliphatic carbocycles. The van der Waals surface area contributed by atoms with Crippen LogP contribution >= 0.6 is 0 Å². The third-order valence-corrected chi connectivity index (χ3v) is 3.97. The van der Waals surface area contributed by atoms with Crippen molar-refractivity contribution < 1.29 is 19.2 Å². The van der Waals surface area contributed by atoms with Crippen molar-refractivity contribution in [3.63, 3.8) is 0 Å². The number of nitrogens with one attached hydrogen (secondary N) is 2. The molecule has 8 heteroatoms. The number of amides is 1. The van der Waals surface area contributed by atoms with Gasteiger partial charge in [-0.3, -0.25) is 14.9 Å². The molecule has 0 spiro atoms. The third kappa shape index (κ3) is 5.23. The Morgan fingerprint density at radius 1 is 0.966 bits per heavy atom. The van der Waals surface area contributed by atoms with Crippen molar-refractivity contribution in [3.05, 3.63) is 82.9 Å². The van der Waals surface area contributed by atoms with Crippen LogP contribution in [-0.4, -0.2) is 24.5 Å². The van der Waals surface area contributed by atoms with Gasteiger partial charge in [0.2, 0.25) is 5.91 Å². The maximum absolute atomic E-state index is 12.4. The molecule has 0 unspecified atom stereocenters. The Bertz CT molecular complexity index is 1010. The second-order valence-corrected chi connectivity index (χ2v) is 5.95. The van der Waals surface area contributed by atoms with Gasteiger partial charge in [0, 0.05) is 12.1 Å². The fourth-order valence-electron chi connectivity index (χ4n) is 2.59. The molecule has 0 aliphatic rings. The Labute approximate surface area is 167 Å². The quantitative estimate of drug-likeness (QED) is 0.433. The molecule has 148 valence electrons. The van der Waals surface area contributed by atoms with Gasteiger partial charge in [-0.05, 0) is 30.3 Å². The fourth-order valence-corrected chi connectivity index (χ4v) is 2.59. The summed E-state index contributed by atoms with van der Waals surface area (Å²) in [4.78, 5) is 22.8. The number of nitrogens with zero attached hydrogens (tertiary/aromatic N) is 1. The number of methoxy groups -OCH3 is 1. The number of carbonyl (C=O) groups excluding carboxylic acids is 1. The van der Waals surface area contributed by atoms with Crippen molar-refractivity contribution in [1.82, 2.24) is 0 Å². The van der Waals surface area contributed by atoms with Gasteiger partial charge < -0.3 is 20.1 Å². The Morgan fingerprint density at radius 2 is 1.69 bits per heavy atom. The summed E-state index contributed by atoms with van der Waals surface area (Å²) in [7, 11) is 1.42. The van der Waals surface area contributed by atoms with Crippen LogP contribution in [0.25, 0.3) is 0 Å². The second kappa shape index (κ2) is 9.23. The first kappa shape index (κ1) is 19.7. The van der Waals surface area contributed by atoms with Gasteiger partial charge in [-0.15, -0.1) is 0 Å². The van der Waals surface area contributed by atoms with Crippen molar-refractivity contribution in [2.45, 2.75) is 0 Å². The van der Waals surface area contributed by atoms with Crippen molar-refractivity contribution >= 4 is 23.0 Å². The molecule has 0 heterocycles. The molecule has 8 nitrogen and oxygen atoms in total. The van der Waals surface area contributed by atoms with Crippen LogP contribution in [0, 0.1) is 10.1 Å². The molecule has 3 aromatic rings. The van der Waals surface area contributed by atoms with E-state index in [0.29, 0.717) is 22.9 Å². The molecule has 0 atom stereocenters. The molecule has 0 bridgehead atoms. The molecule has 29 heavy (non-hydrogen) atoms. The summed E-state index contributed by atoms with van der Waals surface area (Å²) in [5, 5.41) is 16.6. The highest BCUT2D eigenvalue weighted by atomic mass is 16.6. The fraction of sp³-hybridized carbons (Fsp3) is 0.0952. The molecule has 1 amide bonds. The molecule has 0 radical (unpaired) electrons. The van der Waals surface area contributed by atoms with E-state index < -0.39 is 10.8 Å². The van der Waals surface area contributed by atoms with E-state index in [1.807, 2.05) is 42.5 Å². The van der Waals surface area contributed by atoms with Crippen LogP contribution in [0.4, 0.5) is 17.1 Å². The van der Waals surface area contributed by atoms with Gasteiger partial charge >= 0.3 is 0 Å². The topological polar surface area (TPSA) is 103 Å². The van der Waals surface area contributed by atoms with Crippen LogP contribution < -0.4 is 20.1 Å². The summed E-state index contributed by atoms with van der Waals surface area (Å²) in [5.41, 5.74) is 0.718. The minimum absolute atomic E-state index is 0.0684. The first-order valence-electron chi connectivity index (χ1n) is 8.75. The number of non-ortho nitro benzene ring substituents is 1. The zero-order valence-electron chi connectivity index (χ0n) is 15.6. The van der Waals surface area contributed by atoms with Crippen molar-refractivity contribution in [2.75, 3.05) is 24.3 Å². The third-order valence-electron chi connectivity index (χ3n) is 3.97. The molecule has 0 fully saturated rings. The van der Waals surface area contributed by atoms with E-state index in [1.54, 1.807) is 12.1 Å². The first-order chi connectivity index (χ1) is 14.1. The Morgan fingerprint density at radius 3 is 2.41 bits per heavy atom. The molecule has 0 saturated heterocycles. The minimum atomic E-state index is -0.537. The number of rotatable bonds is 8. The van der Waals surface area contributed by atoms with Gasteiger partial charge in [-0.2, -0.15) is 0 Å². The maximum atomic E-state index is 12.4. The van der Waals surface area contributed by atoms with E-state index in [1.165, 1.54) is 25.3 Å².